The molecule has 0 radical (unpaired) electrons. The minimum absolute atomic E-state index is 0.601. The molecule has 0 aliphatic rings. The summed E-state index contributed by atoms with van der Waals surface area (Å²) < 4.78 is 16.6. The average molecular weight is 269 g/mol. The summed E-state index contributed by atoms with van der Waals surface area (Å²) in [6, 6.07) is 0. The van der Waals surface area contributed by atoms with Crippen LogP contribution in [0.3, 0.4) is 0 Å². The minimum Gasteiger partial charge on any atom is -0.371 e. The smallest absolute Gasteiger partial charge is 0.371 e. The van der Waals surface area contributed by atoms with Crippen molar-refractivity contribution >= 4 is 24.7 Å². The fraction of sp³-hybridized carbons (Fsp3) is 0.750. The van der Waals surface area contributed by atoms with E-state index in [0.717, 1.165) is 0 Å². The lowest BCUT2D eigenvalue weighted by molar-refractivity contribution is 0.0843. The average Bonchev–Trinajstić information content (AvgIpc) is 2.06. The Kier molecular flexibility index (Phi) is 7.88. The Bertz CT molecular complexity index is 135. The van der Waals surface area contributed by atoms with Gasteiger partial charge in [0.05, 0.1) is 0 Å². The molecular formula is C8H17BrO3Si. The Morgan fingerprint density at radius 2 is 1.38 bits per heavy atom. The summed E-state index contributed by atoms with van der Waals surface area (Å²) in [5, 5.41) is 0. The molecule has 0 aromatic carbocycles. The highest BCUT2D eigenvalue weighted by atomic mass is 79.9. The van der Waals surface area contributed by atoms with Crippen LogP contribution in [0.2, 0.25) is 0 Å². The van der Waals surface area contributed by atoms with Crippen molar-refractivity contribution in [3.63, 3.8) is 0 Å². The first kappa shape index (κ1) is 13.3. The second-order valence-electron chi connectivity index (χ2n) is 2.20. The summed E-state index contributed by atoms with van der Waals surface area (Å²) in [5.74, 6) is 0. The van der Waals surface area contributed by atoms with E-state index in [-0.39, 0.29) is 0 Å². The van der Waals surface area contributed by atoms with Crippen LogP contribution in [0.15, 0.2) is 10.7 Å². The maximum Gasteiger partial charge on any atom is 0.530 e. The molecule has 13 heavy (non-hydrogen) atoms. The first-order valence-corrected chi connectivity index (χ1v) is 7.16. The lowest BCUT2D eigenvalue weighted by Gasteiger charge is -2.24. The molecule has 0 rings (SSSR count). The van der Waals surface area contributed by atoms with E-state index < -0.39 is 8.80 Å². The normalized spacial score (nSPS) is 12.6. The van der Waals surface area contributed by atoms with Gasteiger partial charge in [-0.3, -0.25) is 0 Å². The molecule has 0 saturated heterocycles. The van der Waals surface area contributed by atoms with Crippen molar-refractivity contribution in [1.82, 2.24) is 0 Å². The molecule has 0 bridgehead atoms. The van der Waals surface area contributed by atoms with E-state index in [2.05, 4.69) is 15.9 Å². The monoisotopic (exact) mass is 268 g/mol. The summed E-state index contributed by atoms with van der Waals surface area (Å²) in [4.78, 5) is 1.74. The van der Waals surface area contributed by atoms with Gasteiger partial charge in [-0.05, 0) is 31.5 Å². The number of halogens is 1. The fourth-order valence-corrected chi connectivity index (χ4v) is 3.82. The molecule has 0 heterocycles. The lowest BCUT2D eigenvalue weighted by Crippen LogP contribution is -2.44. The van der Waals surface area contributed by atoms with Gasteiger partial charge in [-0.15, -0.1) is 0 Å². The molecule has 78 valence electrons. The van der Waals surface area contributed by atoms with E-state index in [0.29, 0.717) is 19.8 Å². The summed E-state index contributed by atoms with van der Waals surface area (Å²) in [7, 11) is -2.52. The Balaban J connectivity index is 4.37. The third kappa shape index (κ3) is 4.92. The van der Waals surface area contributed by atoms with Crippen LogP contribution in [0.25, 0.3) is 0 Å². The second-order valence-corrected chi connectivity index (χ2v) is 5.13. The largest absolute Gasteiger partial charge is 0.530 e. The van der Waals surface area contributed by atoms with Gasteiger partial charge in [0.25, 0.3) is 0 Å². The zero-order valence-electron chi connectivity index (χ0n) is 8.38. The number of hydrogen-bond acceptors (Lipinski definition) is 3. The maximum absolute atomic E-state index is 5.53. The van der Waals surface area contributed by atoms with Crippen LogP contribution < -0.4 is 0 Å². The van der Waals surface area contributed by atoms with Crippen LogP contribution in [0.5, 0.6) is 0 Å². The molecule has 0 aliphatic heterocycles. The van der Waals surface area contributed by atoms with Crippen molar-refractivity contribution in [3.8, 4) is 0 Å². The predicted molar refractivity (Wildman–Crippen MR) is 58.7 cm³/mol. The Morgan fingerprint density at radius 3 is 1.62 bits per heavy atom. The quantitative estimate of drug-likeness (QED) is 0.664. The van der Waals surface area contributed by atoms with Gasteiger partial charge < -0.3 is 13.3 Å². The van der Waals surface area contributed by atoms with Crippen molar-refractivity contribution < 1.29 is 13.3 Å². The van der Waals surface area contributed by atoms with Crippen LogP contribution >= 0.6 is 15.9 Å². The van der Waals surface area contributed by atoms with Crippen molar-refractivity contribution in [3.05, 3.63) is 10.7 Å². The standard InChI is InChI=1S/C8H17BrO3Si/c1-4-10-13(8-7-9,11-5-2)12-6-3/h7-8H,4-6H2,1-3H3. The zero-order chi connectivity index (χ0) is 10.2. The fourth-order valence-electron chi connectivity index (χ4n) is 0.950. The summed E-state index contributed by atoms with van der Waals surface area (Å²) in [6.45, 7) is 7.60. The lowest BCUT2D eigenvalue weighted by atomic mass is 10.9. The highest BCUT2D eigenvalue weighted by molar-refractivity contribution is 9.11. The molecule has 0 aromatic rings. The first-order valence-electron chi connectivity index (χ1n) is 4.44. The van der Waals surface area contributed by atoms with Gasteiger partial charge in [0.2, 0.25) is 0 Å². The molecule has 5 heteroatoms. The van der Waals surface area contributed by atoms with Crippen molar-refractivity contribution in [2.75, 3.05) is 19.8 Å². The molecule has 0 unspecified atom stereocenters. The Labute approximate surface area is 89.6 Å². The number of rotatable bonds is 7. The second kappa shape index (κ2) is 7.70. The first-order chi connectivity index (χ1) is 6.24. The van der Waals surface area contributed by atoms with Gasteiger partial charge in [-0.2, -0.15) is 0 Å². The Hall–Kier alpha value is 0.317. The van der Waals surface area contributed by atoms with E-state index in [1.165, 1.54) is 0 Å². The van der Waals surface area contributed by atoms with Crippen LogP contribution in [-0.4, -0.2) is 28.6 Å². The molecule has 0 saturated carbocycles. The van der Waals surface area contributed by atoms with E-state index in [4.69, 9.17) is 13.3 Å². The SMILES string of the molecule is CCO[Si](C=CBr)(OCC)OCC. The van der Waals surface area contributed by atoms with Crippen LogP contribution in [0, 0.1) is 0 Å². The molecule has 0 amide bonds. The molecule has 0 fully saturated rings. The van der Waals surface area contributed by atoms with Crippen molar-refractivity contribution in [2.45, 2.75) is 20.8 Å². The van der Waals surface area contributed by atoms with Gasteiger partial charge in [0.1, 0.15) is 0 Å². The van der Waals surface area contributed by atoms with E-state index >= 15 is 0 Å². The molecular weight excluding hydrogens is 252 g/mol. The van der Waals surface area contributed by atoms with Gasteiger partial charge >= 0.3 is 8.80 Å². The third-order valence-electron chi connectivity index (χ3n) is 1.30. The predicted octanol–water partition coefficient (Wildman–Crippen LogP) is 2.48. The molecule has 0 aromatic heterocycles. The highest BCUT2D eigenvalue weighted by Crippen LogP contribution is 2.12. The Morgan fingerprint density at radius 1 is 1.00 bits per heavy atom. The maximum atomic E-state index is 5.53. The molecule has 0 aliphatic carbocycles. The summed E-state index contributed by atoms with van der Waals surface area (Å²) in [5.41, 5.74) is 1.84. The third-order valence-corrected chi connectivity index (χ3v) is 4.70. The topological polar surface area (TPSA) is 27.7 Å². The number of hydrogen-bond donors (Lipinski definition) is 0. The highest BCUT2D eigenvalue weighted by Gasteiger charge is 2.37. The van der Waals surface area contributed by atoms with Crippen molar-refractivity contribution in [2.24, 2.45) is 0 Å². The molecule has 0 atom stereocenters. The van der Waals surface area contributed by atoms with Crippen molar-refractivity contribution in [1.29, 1.82) is 0 Å². The van der Waals surface area contributed by atoms with E-state index in [1.807, 2.05) is 26.5 Å². The van der Waals surface area contributed by atoms with Gasteiger partial charge in [0, 0.05) is 19.8 Å². The van der Waals surface area contributed by atoms with Crippen LogP contribution in [0.1, 0.15) is 20.8 Å². The summed E-state index contributed by atoms with van der Waals surface area (Å²) in [6.07, 6.45) is 0. The molecule has 3 nitrogen and oxygen atoms in total. The van der Waals surface area contributed by atoms with Gasteiger partial charge in [-0.1, -0.05) is 15.9 Å². The van der Waals surface area contributed by atoms with Gasteiger partial charge in [0.15, 0.2) is 0 Å². The van der Waals surface area contributed by atoms with E-state index in [1.54, 1.807) is 4.99 Å². The zero-order valence-corrected chi connectivity index (χ0v) is 11.0. The van der Waals surface area contributed by atoms with Crippen LogP contribution in [0.4, 0.5) is 0 Å². The van der Waals surface area contributed by atoms with E-state index in [9.17, 15) is 0 Å². The summed E-state index contributed by atoms with van der Waals surface area (Å²) >= 11 is 3.21. The molecule has 0 N–H and O–H groups in total. The van der Waals surface area contributed by atoms with Crippen LogP contribution in [-0.2, 0) is 13.3 Å². The van der Waals surface area contributed by atoms with Gasteiger partial charge in [-0.25, -0.2) is 0 Å². The molecule has 0 spiro atoms. The minimum atomic E-state index is -2.52.